The number of rotatable bonds is 10. The first-order valence-corrected chi connectivity index (χ1v) is 12.2. The molecule has 0 aliphatic heterocycles. The Kier molecular flexibility index (Phi) is 8.57. The molecular formula is C22H26N6O2S2. The number of hydrogen-bond acceptors (Lipinski definition) is 7. The van der Waals surface area contributed by atoms with E-state index < -0.39 is 0 Å². The molecule has 0 saturated heterocycles. The number of nitrogens with zero attached hydrogens (tertiary/aromatic N) is 4. The predicted octanol–water partition coefficient (Wildman–Crippen LogP) is 3.35. The highest BCUT2D eigenvalue weighted by Crippen LogP contribution is 2.23. The second kappa shape index (κ2) is 11.6. The Morgan fingerprint density at radius 3 is 2.06 bits per heavy atom. The highest BCUT2D eigenvalue weighted by molar-refractivity contribution is 8.00. The molecule has 0 aliphatic rings. The summed E-state index contributed by atoms with van der Waals surface area (Å²) >= 11 is 2.42. The van der Waals surface area contributed by atoms with Crippen LogP contribution in [0.15, 0.2) is 64.9 Å². The summed E-state index contributed by atoms with van der Waals surface area (Å²) in [5, 5.41) is 11.8. The molecule has 3 N–H and O–H groups in total. The molecule has 1 heterocycles. The molecule has 2 amide bonds. The van der Waals surface area contributed by atoms with Crippen LogP contribution in [0.5, 0.6) is 0 Å². The Morgan fingerprint density at radius 2 is 1.47 bits per heavy atom. The lowest BCUT2D eigenvalue weighted by atomic mass is 10.1. The molecule has 0 unspecified atom stereocenters. The fourth-order valence-electron chi connectivity index (χ4n) is 2.96. The number of carbonyl (C=O) groups is 2. The maximum Gasteiger partial charge on any atom is 0.234 e. The molecule has 0 spiro atoms. The van der Waals surface area contributed by atoms with Crippen molar-refractivity contribution >= 4 is 41.0 Å². The molecule has 32 heavy (non-hydrogen) atoms. The van der Waals surface area contributed by atoms with Gasteiger partial charge in [-0.3, -0.25) is 9.59 Å². The van der Waals surface area contributed by atoms with Crippen molar-refractivity contribution in [3.05, 3.63) is 54.6 Å². The number of carbonyl (C=O) groups excluding carboxylic acids is 2. The van der Waals surface area contributed by atoms with Crippen molar-refractivity contribution in [1.29, 1.82) is 0 Å². The minimum atomic E-state index is -0.170. The normalized spacial score (nSPS) is 10.7. The molecule has 10 heteroatoms. The maximum atomic E-state index is 12.3. The van der Waals surface area contributed by atoms with Gasteiger partial charge in [-0.15, -0.1) is 10.2 Å². The first kappa shape index (κ1) is 23.7. The Bertz CT molecular complexity index is 1040. The lowest BCUT2D eigenvalue weighted by Crippen LogP contribution is -2.32. The van der Waals surface area contributed by atoms with Crippen LogP contribution in [0.1, 0.15) is 13.8 Å². The highest BCUT2D eigenvalue weighted by Gasteiger charge is 2.16. The van der Waals surface area contributed by atoms with Crippen molar-refractivity contribution in [2.24, 2.45) is 0 Å². The van der Waals surface area contributed by atoms with Crippen LogP contribution in [0.25, 0.3) is 11.1 Å². The topological polar surface area (TPSA) is 106 Å². The molecule has 0 saturated carbocycles. The molecule has 1 aromatic heterocycles. The van der Waals surface area contributed by atoms with Gasteiger partial charge in [-0.05, 0) is 37.1 Å². The van der Waals surface area contributed by atoms with E-state index in [0.717, 1.165) is 16.8 Å². The third-order valence-electron chi connectivity index (χ3n) is 4.68. The Balaban J connectivity index is 1.49. The zero-order valence-electron chi connectivity index (χ0n) is 18.0. The van der Waals surface area contributed by atoms with Crippen LogP contribution in [0.2, 0.25) is 0 Å². The number of amides is 2. The summed E-state index contributed by atoms with van der Waals surface area (Å²) in [6, 6.07) is 17.7. The van der Waals surface area contributed by atoms with Gasteiger partial charge in [0, 0.05) is 18.8 Å². The zero-order chi connectivity index (χ0) is 22.9. The van der Waals surface area contributed by atoms with Gasteiger partial charge in [-0.25, -0.2) is 4.68 Å². The lowest BCUT2D eigenvalue weighted by Gasteiger charge is -2.17. The maximum absolute atomic E-state index is 12.3. The van der Waals surface area contributed by atoms with E-state index in [1.807, 2.05) is 68.4 Å². The van der Waals surface area contributed by atoms with Crippen molar-refractivity contribution in [2.75, 3.05) is 35.8 Å². The van der Waals surface area contributed by atoms with Gasteiger partial charge in [0.2, 0.25) is 22.1 Å². The average Bonchev–Trinajstić information content (AvgIpc) is 3.17. The first-order valence-electron chi connectivity index (χ1n) is 10.2. The summed E-state index contributed by atoms with van der Waals surface area (Å²) in [6.07, 6.45) is 0. The molecule has 3 aromatic rings. The number of nitrogen functional groups attached to an aromatic ring is 1. The number of anilines is 1. The van der Waals surface area contributed by atoms with E-state index in [1.54, 1.807) is 4.90 Å². The van der Waals surface area contributed by atoms with E-state index in [9.17, 15) is 9.59 Å². The van der Waals surface area contributed by atoms with E-state index in [4.69, 9.17) is 5.84 Å². The summed E-state index contributed by atoms with van der Waals surface area (Å²) in [5.41, 5.74) is 2.92. The fraction of sp³-hybridized carbons (Fsp3) is 0.273. The third-order valence-corrected chi connectivity index (χ3v) is 6.55. The second-order valence-electron chi connectivity index (χ2n) is 6.77. The minimum absolute atomic E-state index is 0.0230. The van der Waals surface area contributed by atoms with Gasteiger partial charge >= 0.3 is 0 Å². The van der Waals surface area contributed by atoms with Gasteiger partial charge in [-0.1, -0.05) is 66.0 Å². The molecule has 168 valence electrons. The van der Waals surface area contributed by atoms with Crippen LogP contribution in [-0.2, 0) is 9.59 Å². The highest BCUT2D eigenvalue weighted by atomic mass is 32.2. The van der Waals surface area contributed by atoms with Crippen LogP contribution in [0, 0.1) is 0 Å². The van der Waals surface area contributed by atoms with Gasteiger partial charge in [0.1, 0.15) is 0 Å². The number of nitrogens with two attached hydrogens (primary N) is 1. The Morgan fingerprint density at radius 1 is 0.906 bits per heavy atom. The van der Waals surface area contributed by atoms with Crippen molar-refractivity contribution in [3.8, 4) is 11.1 Å². The zero-order valence-corrected chi connectivity index (χ0v) is 19.7. The van der Waals surface area contributed by atoms with E-state index in [1.165, 1.54) is 28.2 Å². The van der Waals surface area contributed by atoms with Gasteiger partial charge in [0.15, 0.2) is 0 Å². The first-order chi connectivity index (χ1) is 15.5. The monoisotopic (exact) mass is 470 g/mol. The summed E-state index contributed by atoms with van der Waals surface area (Å²) < 4.78 is 1.31. The van der Waals surface area contributed by atoms with Crippen LogP contribution in [-0.4, -0.2) is 56.2 Å². The molecule has 0 fully saturated rings. The second-order valence-corrected chi connectivity index (χ2v) is 8.66. The van der Waals surface area contributed by atoms with Crippen LogP contribution in [0.3, 0.4) is 0 Å². The predicted molar refractivity (Wildman–Crippen MR) is 130 cm³/mol. The largest absolute Gasteiger partial charge is 0.343 e. The average molecular weight is 471 g/mol. The SMILES string of the molecule is CCN(CC)C(=O)CSc1nnc(SCC(=O)Nc2ccc(-c3ccccc3)cc2)n1N. The van der Waals surface area contributed by atoms with Crippen LogP contribution >= 0.6 is 23.5 Å². The number of nitrogens with one attached hydrogen (secondary N) is 1. The summed E-state index contributed by atoms with van der Waals surface area (Å²) in [6.45, 7) is 5.21. The minimum Gasteiger partial charge on any atom is -0.343 e. The van der Waals surface area contributed by atoms with Crippen LogP contribution in [0.4, 0.5) is 5.69 Å². The van der Waals surface area contributed by atoms with E-state index >= 15 is 0 Å². The Hall–Kier alpha value is -2.98. The quantitative estimate of drug-likeness (QED) is 0.346. The standard InChI is InChI=1S/C22H26N6O2S2/c1-3-27(4-2)20(30)15-32-22-26-25-21(28(22)23)31-14-19(29)24-18-12-10-17(11-13-18)16-8-6-5-7-9-16/h5-13H,3-4,14-15,23H2,1-2H3,(H,24,29). The van der Waals surface area contributed by atoms with E-state index in [0.29, 0.717) is 23.4 Å². The molecular weight excluding hydrogens is 444 g/mol. The van der Waals surface area contributed by atoms with Crippen molar-refractivity contribution in [1.82, 2.24) is 19.8 Å². The summed E-state index contributed by atoms with van der Waals surface area (Å²) in [5.74, 6) is 6.26. The number of aromatic nitrogens is 3. The van der Waals surface area contributed by atoms with Crippen molar-refractivity contribution in [3.63, 3.8) is 0 Å². The Labute approximate surface area is 195 Å². The fourth-order valence-corrected chi connectivity index (χ4v) is 4.43. The molecule has 8 nitrogen and oxygen atoms in total. The number of hydrogen-bond donors (Lipinski definition) is 2. The van der Waals surface area contributed by atoms with Gasteiger partial charge in [0.05, 0.1) is 11.5 Å². The smallest absolute Gasteiger partial charge is 0.234 e. The van der Waals surface area contributed by atoms with Gasteiger partial charge < -0.3 is 16.1 Å². The van der Waals surface area contributed by atoms with Gasteiger partial charge in [-0.2, -0.15) is 0 Å². The summed E-state index contributed by atoms with van der Waals surface area (Å²) in [4.78, 5) is 26.2. The number of benzene rings is 2. The molecule has 0 atom stereocenters. The van der Waals surface area contributed by atoms with Crippen molar-refractivity contribution < 1.29 is 9.59 Å². The third kappa shape index (κ3) is 6.27. The van der Waals surface area contributed by atoms with E-state index in [2.05, 4.69) is 15.5 Å². The lowest BCUT2D eigenvalue weighted by molar-refractivity contribution is -0.128. The molecule has 0 bridgehead atoms. The molecule has 0 radical (unpaired) electrons. The molecule has 2 aromatic carbocycles. The van der Waals surface area contributed by atoms with E-state index in [-0.39, 0.29) is 23.3 Å². The molecule has 0 aliphatic carbocycles. The summed E-state index contributed by atoms with van der Waals surface area (Å²) in [7, 11) is 0. The van der Waals surface area contributed by atoms with Crippen LogP contribution < -0.4 is 11.2 Å². The van der Waals surface area contributed by atoms with Gasteiger partial charge in [0.25, 0.3) is 0 Å². The molecule has 3 rings (SSSR count). The number of thioether (sulfide) groups is 2. The van der Waals surface area contributed by atoms with Crippen molar-refractivity contribution in [2.45, 2.75) is 24.2 Å².